The molecule has 0 saturated heterocycles. The van der Waals surface area contributed by atoms with E-state index in [0.29, 0.717) is 49.2 Å². The van der Waals surface area contributed by atoms with Crippen LogP contribution in [0.15, 0.2) is 12.1 Å². The van der Waals surface area contributed by atoms with E-state index in [0.717, 1.165) is 5.56 Å². The molecule has 0 aliphatic carbocycles. The number of hydrogen-bond donors (Lipinski definition) is 2. The summed E-state index contributed by atoms with van der Waals surface area (Å²) in [5.74, 6) is 0.951. The topological polar surface area (TPSA) is 73.6 Å². The van der Waals surface area contributed by atoms with Crippen LogP contribution in [0.25, 0.3) is 0 Å². The first-order valence-electron chi connectivity index (χ1n) is 5.74. The van der Waals surface area contributed by atoms with Gasteiger partial charge in [-0.05, 0) is 17.7 Å². The average Bonchev–Trinajstić information content (AvgIpc) is 2.35. The summed E-state index contributed by atoms with van der Waals surface area (Å²) < 4.78 is 10.9. The third kappa shape index (κ3) is 3.27. The minimum absolute atomic E-state index is 0.317. The quantitative estimate of drug-likeness (QED) is 0.785. The molecule has 0 radical (unpaired) electrons. The van der Waals surface area contributed by atoms with Gasteiger partial charge in [0.05, 0.1) is 5.02 Å². The van der Waals surface area contributed by atoms with Gasteiger partial charge in [0.1, 0.15) is 13.2 Å². The molecule has 0 unspecified atom stereocenters. The highest BCUT2D eigenvalue weighted by Gasteiger charge is 2.16. The van der Waals surface area contributed by atoms with Crippen LogP contribution in [-0.2, 0) is 11.3 Å². The number of halogens is 1. The fourth-order valence-electron chi connectivity index (χ4n) is 1.71. The molecule has 3 N–H and O–H groups in total. The van der Waals surface area contributed by atoms with Gasteiger partial charge in [0.25, 0.3) is 0 Å². The van der Waals surface area contributed by atoms with E-state index < -0.39 is 0 Å². The number of hydrogen-bond acceptors (Lipinski definition) is 4. The summed E-state index contributed by atoms with van der Waals surface area (Å²) in [6.45, 7) is 2.19. The van der Waals surface area contributed by atoms with E-state index in [-0.39, 0.29) is 5.91 Å². The van der Waals surface area contributed by atoms with E-state index >= 15 is 0 Å². The first-order chi connectivity index (χ1) is 8.66. The van der Waals surface area contributed by atoms with Crippen molar-refractivity contribution in [1.82, 2.24) is 5.32 Å². The van der Waals surface area contributed by atoms with Crippen molar-refractivity contribution in [3.8, 4) is 11.5 Å². The number of fused-ring (bicyclic) bond motifs is 1. The second-order valence-corrected chi connectivity index (χ2v) is 4.40. The third-order valence-corrected chi connectivity index (χ3v) is 2.81. The summed E-state index contributed by atoms with van der Waals surface area (Å²) >= 11 is 6.10. The predicted octanol–water partition coefficient (Wildman–Crippen LogP) is 1.08. The van der Waals surface area contributed by atoms with Crippen molar-refractivity contribution in [1.29, 1.82) is 0 Å². The zero-order valence-electron chi connectivity index (χ0n) is 9.87. The summed E-state index contributed by atoms with van der Waals surface area (Å²) in [5.41, 5.74) is 6.03. The molecule has 1 aromatic rings. The summed E-state index contributed by atoms with van der Waals surface area (Å²) in [6.07, 6.45) is 0.318. The number of carbonyl (C=O) groups excluding carboxylic acids is 1. The van der Waals surface area contributed by atoms with Crippen LogP contribution >= 0.6 is 11.6 Å². The zero-order valence-corrected chi connectivity index (χ0v) is 10.6. The van der Waals surface area contributed by atoms with E-state index in [1.807, 2.05) is 12.1 Å². The number of amides is 1. The van der Waals surface area contributed by atoms with E-state index in [2.05, 4.69) is 5.32 Å². The Labute approximate surface area is 110 Å². The lowest BCUT2D eigenvalue weighted by Gasteiger charge is -2.20. The van der Waals surface area contributed by atoms with Crippen LogP contribution in [0, 0.1) is 0 Å². The maximum Gasteiger partial charge on any atom is 0.218 e. The van der Waals surface area contributed by atoms with Crippen LogP contribution in [-0.4, -0.2) is 25.7 Å². The Morgan fingerprint density at radius 1 is 1.39 bits per heavy atom. The number of primary amides is 1. The van der Waals surface area contributed by atoms with Crippen LogP contribution in [0.1, 0.15) is 12.0 Å². The van der Waals surface area contributed by atoms with Gasteiger partial charge in [-0.25, -0.2) is 0 Å². The van der Waals surface area contributed by atoms with Gasteiger partial charge in [0.15, 0.2) is 11.5 Å². The molecule has 1 aromatic carbocycles. The number of ether oxygens (including phenoxy) is 2. The molecule has 0 bridgehead atoms. The lowest BCUT2D eigenvalue weighted by Crippen LogP contribution is -2.22. The molecule has 98 valence electrons. The van der Waals surface area contributed by atoms with Crippen LogP contribution in [0.3, 0.4) is 0 Å². The Morgan fingerprint density at radius 3 is 2.94 bits per heavy atom. The second-order valence-electron chi connectivity index (χ2n) is 3.99. The molecule has 6 heteroatoms. The maximum absolute atomic E-state index is 10.6. The van der Waals surface area contributed by atoms with Gasteiger partial charge >= 0.3 is 0 Å². The lowest BCUT2D eigenvalue weighted by atomic mass is 10.2. The Kier molecular flexibility index (Phi) is 4.28. The minimum Gasteiger partial charge on any atom is -0.486 e. The molecule has 2 rings (SSSR count). The van der Waals surface area contributed by atoms with E-state index in [4.69, 9.17) is 26.8 Å². The molecule has 0 saturated carbocycles. The van der Waals surface area contributed by atoms with Gasteiger partial charge in [-0.15, -0.1) is 0 Å². The van der Waals surface area contributed by atoms with E-state index in [1.165, 1.54) is 0 Å². The van der Waals surface area contributed by atoms with E-state index in [1.54, 1.807) is 0 Å². The fourth-order valence-corrected chi connectivity index (χ4v) is 2.00. The number of nitrogens with two attached hydrogens (primary N) is 1. The zero-order chi connectivity index (χ0) is 13.0. The number of benzene rings is 1. The van der Waals surface area contributed by atoms with Crippen molar-refractivity contribution in [2.75, 3.05) is 19.8 Å². The van der Waals surface area contributed by atoms with Gasteiger partial charge in [-0.1, -0.05) is 11.6 Å². The normalized spacial score (nSPS) is 13.4. The second kappa shape index (κ2) is 5.93. The molecule has 1 amide bonds. The van der Waals surface area contributed by atoms with Crippen molar-refractivity contribution in [2.45, 2.75) is 13.0 Å². The average molecular weight is 271 g/mol. The van der Waals surface area contributed by atoms with Crippen LogP contribution < -0.4 is 20.5 Å². The number of rotatable bonds is 5. The highest BCUT2D eigenvalue weighted by Crippen LogP contribution is 2.38. The van der Waals surface area contributed by atoms with Crippen molar-refractivity contribution in [3.05, 3.63) is 22.7 Å². The summed E-state index contributed by atoms with van der Waals surface area (Å²) in [7, 11) is 0. The Balaban J connectivity index is 1.97. The highest BCUT2D eigenvalue weighted by atomic mass is 35.5. The molecule has 0 spiro atoms. The maximum atomic E-state index is 10.6. The number of carbonyl (C=O) groups is 1. The summed E-state index contributed by atoms with van der Waals surface area (Å²) in [6, 6.07) is 3.71. The van der Waals surface area contributed by atoms with Crippen molar-refractivity contribution < 1.29 is 14.3 Å². The first-order valence-corrected chi connectivity index (χ1v) is 6.11. The van der Waals surface area contributed by atoms with Crippen molar-refractivity contribution >= 4 is 17.5 Å². The Morgan fingerprint density at radius 2 is 2.17 bits per heavy atom. The largest absolute Gasteiger partial charge is 0.486 e. The van der Waals surface area contributed by atoms with Gasteiger partial charge in [0.2, 0.25) is 5.91 Å². The summed E-state index contributed by atoms with van der Waals surface area (Å²) in [5, 5.41) is 3.65. The molecular formula is C12H15ClN2O3. The number of nitrogens with one attached hydrogen (secondary N) is 1. The molecular weight excluding hydrogens is 256 g/mol. The SMILES string of the molecule is NC(=O)CCNCc1cc(Cl)c2c(c1)OCCO2. The molecule has 5 nitrogen and oxygen atoms in total. The molecule has 0 atom stereocenters. The van der Waals surface area contributed by atoms with Gasteiger partial charge < -0.3 is 20.5 Å². The Bertz CT molecular complexity index is 451. The van der Waals surface area contributed by atoms with E-state index in [9.17, 15) is 4.79 Å². The molecule has 0 aromatic heterocycles. The minimum atomic E-state index is -0.317. The fraction of sp³-hybridized carbons (Fsp3) is 0.417. The molecule has 1 heterocycles. The predicted molar refractivity (Wildman–Crippen MR) is 68.0 cm³/mol. The molecule has 0 fully saturated rings. The van der Waals surface area contributed by atoms with Gasteiger partial charge in [0, 0.05) is 19.5 Å². The highest BCUT2D eigenvalue weighted by molar-refractivity contribution is 6.32. The van der Waals surface area contributed by atoms with Crippen LogP contribution in [0.2, 0.25) is 5.02 Å². The standard InChI is InChI=1S/C12H15ClN2O3/c13-9-5-8(7-15-2-1-11(14)16)6-10-12(9)18-4-3-17-10/h5-6,15H,1-4,7H2,(H2,14,16). The monoisotopic (exact) mass is 270 g/mol. The molecule has 1 aliphatic heterocycles. The van der Waals surface area contributed by atoms with Crippen LogP contribution in [0.5, 0.6) is 11.5 Å². The van der Waals surface area contributed by atoms with Crippen molar-refractivity contribution in [2.24, 2.45) is 5.73 Å². The third-order valence-electron chi connectivity index (χ3n) is 2.53. The Hall–Kier alpha value is -1.46. The smallest absolute Gasteiger partial charge is 0.218 e. The molecule has 1 aliphatic rings. The first kappa shape index (κ1) is 13.0. The molecule has 18 heavy (non-hydrogen) atoms. The lowest BCUT2D eigenvalue weighted by molar-refractivity contribution is -0.117. The van der Waals surface area contributed by atoms with Gasteiger partial charge in [-0.2, -0.15) is 0 Å². The van der Waals surface area contributed by atoms with Crippen molar-refractivity contribution in [3.63, 3.8) is 0 Å². The van der Waals surface area contributed by atoms with Crippen LogP contribution in [0.4, 0.5) is 0 Å². The van der Waals surface area contributed by atoms with Gasteiger partial charge in [-0.3, -0.25) is 4.79 Å². The summed E-state index contributed by atoms with van der Waals surface area (Å²) in [4.78, 5) is 10.6.